The number of carbonyl (C=O) groups excluding carboxylic acids is 1. The van der Waals surface area contributed by atoms with Gasteiger partial charge in [-0.15, -0.1) is 0 Å². The maximum Gasteiger partial charge on any atom is 0.253 e. The predicted molar refractivity (Wildman–Crippen MR) is 164 cm³/mol. The third kappa shape index (κ3) is 7.31. The Hall–Kier alpha value is -3.75. The molecule has 4 aromatic rings. The van der Waals surface area contributed by atoms with Crippen LogP contribution in [0.4, 0.5) is 5.95 Å². The summed E-state index contributed by atoms with van der Waals surface area (Å²) in [6, 6.07) is 20.2. The first-order chi connectivity index (χ1) is 20.0. The number of H-pyrrole nitrogens is 1. The van der Waals surface area contributed by atoms with E-state index >= 15 is 0 Å². The summed E-state index contributed by atoms with van der Waals surface area (Å²) in [5.41, 5.74) is 5.03. The maximum atomic E-state index is 13.0. The third-order valence-corrected chi connectivity index (χ3v) is 8.14. The number of aromatic amines is 1. The van der Waals surface area contributed by atoms with Crippen LogP contribution in [0.1, 0.15) is 66.6 Å². The molecule has 1 amide bonds. The van der Waals surface area contributed by atoms with Crippen LogP contribution in [0.3, 0.4) is 0 Å². The van der Waals surface area contributed by atoms with Gasteiger partial charge in [-0.1, -0.05) is 36.4 Å². The zero-order chi connectivity index (χ0) is 28.6. The van der Waals surface area contributed by atoms with E-state index in [2.05, 4.69) is 51.4 Å². The van der Waals surface area contributed by atoms with Crippen molar-refractivity contribution in [2.24, 2.45) is 0 Å². The first-order valence-electron chi connectivity index (χ1n) is 14.8. The van der Waals surface area contributed by atoms with Crippen molar-refractivity contribution in [1.29, 1.82) is 0 Å². The molecular formula is C33H42N6O2. The number of pyridine rings is 1. The first kappa shape index (κ1) is 28.8. The molecule has 1 fully saturated rings. The number of aromatic nitrogens is 3. The molecule has 41 heavy (non-hydrogen) atoms. The molecule has 1 aliphatic heterocycles. The van der Waals surface area contributed by atoms with Crippen LogP contribution in [0.2, 0.25) is 0 Å². The van der Waals surface area contributed by atoms with Crippen LogP contribution in [0.5, 0.6) is 0 Å². The Labute approximate surface area is 243 Å². The van der Waals surface area contributed by atoms with E-state index in [0.29, 0.717) is 19.2 Å². The van der Waals surface area contributed by atoms with E-state index in [1.807, 2.05) is 61.5 Å². The van der Waals surface area contributed by atoms with Gasteiger partial charge in [0.1, 0.15) is 0 Å². The van der Waals surface area contributed by atoms with E-state index < -0.39 is 0 Å². The lowest BCUT2D eigenvalue weighted by atomic mass is 9.95. The molecule has 5 rings (SSSR count). The van der Waals surface area contributed by atoms with Crippen LogP contribution < -0.4 is 5.32 Å². The summed E-state index contributed by atoms with van der Waals surface area (Å²) < 4.78 is 5.83. The Kier molecular flexibility index (Phi) is 9.64. The number of amides is 1. The van der Waals surface area contributed by atoms with Crippen LogP contribution in [0.25, 0.3) is 11.0 Å². The molecule has 8 nitrogen and oxygen atoms in total. The van der Waals surface area contributed by atoms with Gasteiger partial charge in [0.05, 0.1) is 17.1 Å². The van der Waals surface area contributed by atoms with E-state index in [-0.39, 0.29) is 17.9 Å². The Morgan fingerprint density at radius 2 is 1.93 bits per heavy atom. The van der Waals surface area contributed by atoms with E-state index in [1.165, 1.54) is 5.56 Å². The molecule has 2 atom stereocenters. The van der Waals surface area contributed by atoms with E-state index in [4.69, 9.17) is 9.72 Å². The van der Waals surface area contributed by atoms with Crippen LogP contribution in [0, 0.1) is 0 Å². The average molecular weight is 555 g/mol. The molecule has 0 radical (unpaired) electrons. The molecule has 0 bridgehead atoms. The van der Waals surface area contributed by atoms with Crippen molar-refractivity contribution in [3.63, 3.8) is 0 Å². The van der Waals surface area contributed by atoms with Gasteiger partial charge in [-0.25, -0.2) is 4.98 Å². The van der Waals surface area contributed by atoms with Crippen molar-refractivity contribution in [3.05, 3.63) is 89.7 Å². The molecule has 0 spiro atoms. The van der Waals surface area contributed by atoms with Gasteiger partial charge in [0.15, 0.2) is 0 Å². The summed E-state index contributed by atoms with van der Waals surface area (Å²) >= 11 is 0. The summed E-state index contributed by atoms with van der Waals surface area (Å²) in [4.78, 5) is 30.1. The fourth-order valence-corrected chi connectivity index (χ4v) is 5.82. The van der Waals surface area contributed by atoms with Gasteiger partial charge < -0.3 is 24.8 Å². The van der Waals surface area contributed by atoms with Crippen molar-refractivity contribution in [3.8, 4) is 0 Å². The molecular weight excluding hydrogens is 512 g/mol. The number of anilines is 1. The Morgan fingerprint density at radius 3 is 2.66 bits per heavy atom. The summed E-state index contributed by atoms with van der Waals surface area (Å²) in [5, 5.41) is 3.65. The van der Waals surface area contributed by atoms with Crippen molar-refractivity contribution in [2.45, 2.75) is 51.2 Å². The number of likely N-dealkylation sites (tertiary alicyclic amines) is 1. The highest BCUT2D eigenvalue weighted by molar-refractivity contribution is 5.94. The third-order valence-electron chi connectivity index (χ3n) is 8.14. The number of imidazole rings is 1. The van der Waals surface area contributed by atoms with Crippen molar-refractivity contribution in [2.75, 3.05) is 45.2 Å². The number of para-hydroxylation sites is 1. The second-order valence-corrected chi connectivity index (χ2v) is 11.0. The molecule has 1 saturated heterocycles. The number of piperidine rings is 1. The van der Waals surface area contributed by atoms with Gasteiger partial charge in [-0.2, -0.15) is 0 Å². The van der Waals surface area contributed by atoms with Gasteiger partial charge in [0.2, 0.25) is 5.95 Å². The SMILES string of the molecule is CCOC(C)c1cccc2[nH]c(NC3CCN(CCC(CN(C)C(=O)c4ccccc4)c4cccnc4)CC3)nc12. The smallest absolute Gasteiger partial charge is 0.253 e. The molecule has 2 aromatic carbocycles. The predicted octanol–water partition coefficient (Wildman–Crippen LogP) is 5.88. The number of rotatable bonds is 12. The minimum Gasteiger partial charge on any atom is -0.374 e. The summed E-state index contributed by atoms with van der Waals surface area (Å²) in [7, 11) is 1.90. The van der Waals surface area contributed by atoms with Crippen LogP contribution in [-0.2, 0) is 4.74 Å². The second-order valence-electron chi connectivity index (χ2n) is 11.0. The van der Waals surface area contributed by atoms with Crippen LogP contribution >= 0.6 is 0 Å². The minimum atomic E-state index is 0.00910. The van der Waals surface area contributed by atoms with Crippen molar-refractivity contribution < 1.29 is 9.53 Å². The summed E-state index contributed by atoms with van der Waals surface area (Å²) in [6.45, 7) is 8.48. The maximum absolute atomic E-state index is 13.0. The standard InChI is InChI=1S/C33H42N6O2/c1-4-41-24(2)29-13-8-14-30-31(29)37-33(36-30)35-28-16-20-39(21-17-28)19-15-27(26-12-9-18-34-22-26)23-38(3)32(40)25-10-6-5-7-11-25/h5-14,18,22,24,27-28H,4,15-17,19-21,23H2,1-3H3,(H2,35,36,37). The quantitative estimate of drug-likeness (QED) is 0.228. The molecule has 0 aliphatic carbocycles. The monoisotopic (exact) mass is 554 g/mol. The molecule has 2 aromatic heterocycles. The lowest BCUT2D eigenvalue weighted by Crippen LogP contribution is -2.40. The topological polar surface area (TPSA) is 86.4 Å². The minimum absolute atomic E-state index is 0.00910. The highest BCUT2D eigenvalue weighted by atomic mass is 16.5. The van der Waals surface area contributed by atoms with Crippen molar-refractivity contribution in [1.82, 2.24) is 24.8 Å². The Morgan fingerprint density at radius 1 is 1.12 bits per heavy atom. The molecule has 2 unspecified atom stereocenters. The Bertz CT molecular complexity index is 1380. The summed E-state index contributed by atoms with van der Waals surface area (Å²) in [6.07, 6.45) is 6.84. The average Bonchev–Trinajstić information content (AvgIpc) is 3.43. The largest absolute Gasteiger partial charge is 0.374 e. The van der Waals surface area contributed by atoms with Gasteiger partial charge >= 0.3 is 0 Å². The molecule has 2 N–H and O–H groups in total. The number of hydrogen-bond donors (Lipinski definition) is 2. The zero-order valence-electron chi connectivity index (χ0n) is 24.4. The van der Waals surface area contributed by atoms with E-state index in [9.17, 15) is 4.79 Å². The number of nitrogens with zero attached hydrogens (tertiary/aromatic N) is 4. The van der Waals surface area contributed by atoms with Gasteiger partial charge in [0.25, 0.3) is 5.91 Å². The van der Waals surface area contributed by atoms with Crippen molar-refractivity contribution >= 4 is 22.9 Å². The van der Waals surface area contributed by atoms with Gasteiger partial charge in [-0.3, -0.25) is 9.78 Å². The first-order valence-corrected chi connectivity index (χ1v) is 14.8. The van der Waals surface area contributed by atoms with Gasteiger partial charge in [0, 0.05) is 68.8 Å². The number of nitrogens with one attached hydrogen (secondary N) is 2. The Balaban J connectivity index is 1.15. The normalized spacial score (nSPS) is 16.0. The van der Waals surface area contributed by atoms with E-state index in [1.54, 1.807) is 6.20 Å². The molecule has 1 aliphatic rings. The number of ether oxygens (including phenoxy) is 1. The fraction of sp³-hybridized carbons (Fsp3) is 0.424. The van der Waals surface area contributed by atoms with Gasteiger partial charge in [-0.05, 0) is 69.5 Å². The van der Waals surface area contributed by atoms with Crippen LogP contribution in [-0.4, -0.2) is 76.5 Å². The van der Waals surface area contributed by atoms with E-state index in [0.717, 1.165) is 67.0 Å². The molecule has 0 saturated carbocycles. The number of hydrogen-bond acceptors (Lipinski definition) is 6. The lowest BCUT2D eigenvalue weighted by molar-refractivity contribution is 0.0772. The molecule has 8 heteroatoms. The number of benzene rings is 2. The highest BCUT2D eigenvalue weighted by Gasteiger charge is 2.24. The summed E-state index contributed by atoms with van der Waals surface area (Å²) in [5.74, 6) is 1.11. The number of fused-ring (bicyclic) bond motifs is 1. The number of likely N-dealkylation sites (N-methyl/N-ethyl adjacent to an activating group) is 1. The molecule has 3 heterocycles. The zero-order valence-corrected chi connectivity index (χ0v) is 24.4. The fourth-order valence-electron chi connectivity index (χ4n) is 5.82. The molecule has 216 valence electrons. The number of carbonyl (C=O) groups is 1. The van der Waals surface area contributed by atoms with Crippen LogP contribution in [0.15, 0.2) is 73.1 Å². The second kappa shape index (κ2) is 13.7. The highest BCUT2D eigenvalue weighted by Crippen LogP contribution is 2.27. The lowest BCUT2D eigenvalue weighted by Gasteiger charge is -2.33.